The van der Waals surface area contributed by atoms with Crippen molar-refractivity contribution in [2.75, 3.05) is 39.3 Å². The fourth-order valence-electron chi connectivity index (χ4n) is 6.69. The fourth-order valence-corrected chi connectivity index (χ4v) is 6.69. The number of alkyl halides is 3. The Labute approximate surface area is 200 Å². The molecule has 0 bridgehead atoms. The van der Waals surface area contributed by atoms with Crippen LogP contribution >= 0.6 is 0 Å². The summed E-state index contributed by atoms with van der Waals surface area (Å²) in [5.74, 6) is 1.55. The van der Waals surface area contributed by atoms with Gasteiger partial charge in [-0.15, -0.1) is 0 Å². The molecule has 2 aromatic heterocycles. The van der Waals surface area contributed by atoms with E-state index in [1.165, 1.54) is 17.5 Å². The molecular formula is C23H29F3N8O. The number of amides is 2. The lowest BCUT2D eigenvalue weighted by Gasteiger charge is -2.63. The summed E-state index contributed by atoms with van der Waals surface area (Å²) in [7, 11) is 1.55. The van der Waals surface area contributed by atoms with Gasteiger partial charge in [-0.3, -0.25) is 9.58 Å². The highest BCUT2D eigenvalue weighted by molar-refractivity contribution is 5.77. The third-order valence-electron chi connectivity index (χ3n) is 8.68. The van der Waals surface area contributed by atoms with Crippen LogP contribution in [0.2, 0.25) is 0 Å². The van der Waals surface area contributed by atoms with Gasteiger partial charge in [0.05, 0.1) is 23.5 Å². The summed E-state index contributed by atoms with van der Waals surface area (Å²) in [6.45, 7) is 4.65. The van der Waals surface area contributed by atoms with Crippen molar-refractivity contribution in [1.29, 1.82) is 0 Å². The Kier molecular flexibility index (Phi) is 4.32. The Hall–Kier alpha value is -2.63. The number of nitrogens with zero attached hydrogens (tertiary/aromatic N) is 8. The van der Waals surface area contributed by atoms with Crippen molar-refractivity contribution in [1.82, 2.24) is 39.2 Å². The van der Waals surface area contributed by atoms with E-state index >= 15 is 0 Å². The molecule has 5 aliphatic rings. The second-order valence-electron chi connectivity index (χ2n) is 11.7. The van der Waals surface area contributed by atoms with E-state index in [1.807, 2.05) is 25.7 Å². The van der Waals surface area contributed by atoms with Gasteiger partial charge >= 0.3 is 12.2 Å². The molecule has 3 aliphatic heterocycles. The van der Waals surface area contributed by atoms with Crippen LogP contribution in [0.5, 0.6) is 0 Å². The monoisotopic (exact) mass is 490 g/mol. The quantitative estimate of drug-likeness (QED) is 0.659. The molecule has 0 unspecified atom stereocenters. The molecule has 2 spiro atoms. The Bertz CT molecular complexity index is 1160. The molecule has 2 amide bonds. The molecule has 7 rings (SSSR count). The smallest absolute Gasteiger partial charge is 0.323 e. The summed E-state index contributed by atoms with van der Waals surface area (Å²) < 4.78 is 43.0. The van der Waals surface area contributed by atoms with E-state index in [2.05, 4.69) is 15.2 Å². The maximum absolute atomic E-state index is 13.2. The molecule has 2 aliphatic carbocycles. The Balaban J connectivity index is 0.865. The van der Waals surface area contributed by atoms with Crippen molar-refractivity contribution in [3.8, 4) is 0 Å². The summed E-state index contributed by atoms with van der Waals surface area (Å²) in [6, 6.07) is 0.503. The normalized spacial score (nSPS) is 25.4. The zero-order chi connectivity index (χ0) is 24.2. The number of halogens is 3. The minimum atomic E-state index is -4.39. The molecule has 12 heteroatoms. The number of carbonyl (C=O) groups is 1. The number of rotatable bonds is 4. The second kappa shape index (κ2) is 6.98. The molecular weight excluding hydrogens is 461 g/mol. The molecule has 5 fully saturated rings. The van der Waals surface area contributed by atoms with Crippen molar-refractivity contribution >= 4 is 6.03 Å². The molecule has 0 N–H and O–H groups in total. The molecule has 3 saturated heterocycles. The van der Waals surface area contributed by atoms with Crippen LogP contribution in [0.4, 0.5) is 18.0 Å². The van der Waals surface area contributed by atoms with Crippen LogP contribution in [0.3, 0.4) is 0 Å². The Morgan fingerprint density at radius 1 is 1.06 bits per heavy atom. The molecule has 5 heterocycles. The topological polar surface area (TPSA) is 75.3 Å². The van der Waals surface area contributed by atoms with E-state index < -0.39 is 11.7 Å². The zero-order valence-electron chi connectivity index (χ0n) is 19.7. The average molecular weight is 491 g/mol. The average Bonchev–Trinajstić information content (AvgIpc) is 3.29. The van der Waals surface area contributed by atoms with E-state index in [1.54, 1.807) is 7.05 Å². The number of carbonyl (C=O) groups excluding carboxylic acids is 1. The van der Waals surface area contributed by atoms with E-state index in [4.69, 9.17) is 0 Å². The first-order chi connectivity index (χ1) is 16.6. The van der Waals surface area contributed by atoms with E-state index in [9.17, 15) is 18.0 Å². The number of urea groups is 1. The predicted molar refractivity (Wildman–Crippen MR) is 117 cm³/mol. The largest absolute Gasteiger partial charge is 0.419 e. The van der Waals surface area contributed by atoms with Crippen LogP contribution in [0, 0.1) is 10.8 Å². The van der Waals surface area contributed by atoms with Crippen LogP contribution in [-0.2, 0) is 19.8 Å². The fraction of sp³-hybridized carbons (Fsp3) is 0.739. The summed E-state index contributed by atoms with van der Waals surface area (Å²) in [5.41, 5.74) is -0.202. The lowest BCUT2D eigenvalue weighted by molar-refractivity contribution is -0.140. The highest BCUT2D eigenvalue weighted by Crippen LogP contribution is 2.54. The minimum Gasteiger partial charge on any atom is -0.323 e. The highest BCUT2D eigenvalue weighted by atomic mass is 19.4. The third kappa shape index (κ3) is 3.47. The lowest BCUT2D eigenvalue weighted by Crippen LogP contribution is -2.75. The summed E-state index contributed by atoms with van der Waals surface area (Å²) in [6.07, 6.45) is 2.89. The maximum atomic E-state index is 13.2. The highest BCUT2D eigenvalue weighted by Gasteiger charge is 2.58. The molecule has 0 radical (unpaired) electrons. The van der Waals surface area contributed by atoms with Crippen LogP contribution in [0.1, 0.15) is 54.7 Å². The third-order valence-corrected chi connectivity index (χ3v) is 8.68. The van der Waals surface area contributed by atoms with Gasteiger partial charge in [0, 0.05) is 69.6 Å². The molecule has 35 heavy (non-hydrogen) atoms. The first kappa shape index (κ1) is 21.6. The van der Waals surface area contributed by atoms with Crippen molar-refractivity contribution < 1.29 is 18.0 Å². The van der Waals surface area contributed by atoms with Crippen molar-refractivity contribution in [3.63, 3.8) is 0 Å². The standard InChI is InChI=1S/C23H29F3N8O/c1-30-18(17(6-28-30)23(24,25)26)7-31-8-22(9-31)12-33(13-22)20(35)32-10-21(11-32)4-16(5-21)34-14-27-19(29-34)15-2-3-15/h6,14-16H,2-5,7-13H2,1H3. The zero-order valence-corrected chi connectivity index (χ0v) is 19.7. The minimum absolute atomic E-state index is 0.0309. The summed E-state index contributed by atoms with van der Waals surface area (Å²) in [4.78, 5) is 23.2. The second-order valence-corrected chi connectivity index (χ2v) is 11.7. The van der Waals surface area contributed by atoms with Crippen molar-refractivity contribution in [2.24, 2.45) is 17.9 Å². The Morgan fingerprint density at radius 3 is 2.34 bits per heavy atom. The summed E-state index contributed by atoms with van der Waals surface area (Å²) in [5, 5.41) is 8.45. The molecule has 188 valence electrons. The van der Waals surface area contributed by atoms with Gasteiger partial charge in [0.2, 0.25) is 0 Å². The van der Waals surface area contributed by atoms with E-state index in [-0.39, 0.29) is 29.1 Å². The Morgan fingerprint density at radius 2 is 1.71 bits per heavy atom. The maximum Gasteiger partial charge on any atom is 0.419 e. The number of hydrogen-bond donors (Lipinski definition) is 0. The van der Waals surface area contributed by atoms with Gasteiger partial charge in [-0.25, -0.2) is 14.5 Å². The lowest BCUT2D eigenvalue weighted by atomic mass is 9.60. The van der Waals surface area contributed by atoms with Gasteiger partial charge in [0.15, 0.2) is 5.82 Å². The van der Waals surface area contributed by atoms with Crippen LogP contribution < -0.4 is 0 Å². The number of hydrogen-bond acceptors (Lipinski definition) is 5. The van der Waals surface area contributed by atoms with Crippen LogP contribution in [-0.4, -0.2) is 84.5 Å². The van der Waals surface area contributed by atoms with Crippen LogP contribution in [0.25, 0.3) is 0 Å². The van der Waals surface area contributed by atoms with E-state index in [0.717, 1.165) is 38.0 Å². The molecule has 0 atom stereocenters. The number of likely N-dealkylation sites (tertiary alicyclic amines) is 3. The van der Waals surface area contributed by atoms with Gasteiger partial charge in [-0.1, -0.05) is 0 Å². The van der Waals surface area contributed by atoms with Gasteiger partial charge in [-0.05, 0) is 25.7 Å². The predicted octanol–water partition coefficient (Wildman–Crippen LogP) is 2.48. The van der Waals surface area contributed by atoms with Crippen molar-refractivity contribution in [3.05, 3.63) is 29.6 Å². The molecule has 2 aromatic rings. The van der Waals surface area contributed by atoms with Gasteiger partial charge in [0.1, 0.15) is 6.33 Å². The van der Waals surface area contributed by atoms with Gasteiger partial charge < -0.3 is 9.80 Å². The van der Waals surface area contributed by atoms with Gasteiger partial charge in [-0.2, -0.15) is 23.4 Å². The SMILES string of the molecule is Cn1ncc(C(F)(F)F)c1CN1CC2(C1)CN(C(=O)N1CC3(CC(n4cnc(C5CC5)n4)C3)C1)C2. The first-order valence-electron chi connectivity index (χ1n) is 12.4. The summed E-state index contributed by atoms with van der Waals surface area (Å²) >= 11 is 0. The van der Waals surface area contributed by atoms with E-state index in [0.29, 0.717) is 38.1 Å². The molecule has 2 saturated carbocycles. The number of aryl methyl sites for hydroxylation is 1. The first-order valence-corrected chi connectivity index (χ1v) is 12.4. The van der Waals surface area contributed by atoms with Crippen molar-refractivity contribution in [2.45, 2.75) is 50.4 Å². The molecule has 0 aromatic carbocycles. The number of aromatic nitrogens is 5. The molecule has 9 nitrogen and oxygen atoms in total. The van der Waals surface area contributed by atoms with Gasteiger partial charge in [0.25, 0.3) is 0 Å². The van der Waals surface area contributed by atoms with Crippen LogP contribution in [0.15, 0.2) is 12.5 Å².